The monoisotopic (exact) mass is 502 g/mol. The molecule has 0 saturated carbocycles. The quantitative estimate of drug-likeness (QED) is 0.285. The number of thioether (sulfide) groups is 1. The normalized spacial score (nSPS) is 10.9. The minimum absolute atomic E-state index is 0.133. The van der Waals surface area contributed by atoms with Gasteiger partial charge in [0, 0.05) is 20.8 Å². The van der Waals surface area contributed by atoms with Crippen molar-refractivity contribution in [2.24, 2.45) is 5.10 Å². The summed E-state index contributed by atoms with van der Waals surface area (Å²) in [5.41, 5.74) is 5.52. The van der Waals surface area contributed by atoms with Crippen molar-refractivity contribution in [3.05, 3.63) is 99.0 Å². The van der Waals surface area contributed by atoms with E-state index in [9.17, 15) is 4.79 Å². The smallest absolute Gasteiger partial charge is 0.250 e. The van der Waals surface area contributed by atoms with Gasteiger partial charge in [-0.05, 0) is 53.6 Å². The summed E-state index contributed by atoms with van der Waals surface area (Å²) in [5.74, 6) is 1.72. The van der Waals surface area contributed by atoms with Crippen molar-refractivity contribution in [3.8, 4) is 5.75 Å². The first-order chi connectivity index (χ1) is 14.6. The Morgan fingerprint density at radius 3 is 2.67 bits per heavy atom. The minimum atomic E-state index is -0.133. The molecule has 0 spiro atoms. The van der Waals surface area contributed by atoms with Gasteiger partial charge in [-0.25, -0.2) is 5.43 Å². The van der Waals surface area contributed by atoms with Gasteiger partial charge in [0.1, 0.15) is 12.4 Å². The first-order valence-electron chi connectivity index (χ1n) is 9.20. The van der Waals surface area contributed by atoms with Crippen LogP contribution in [0.4, 0.5) is 0 Å². The standard InChI is InChI=1S/C23H20BrClN2O2S/c24-20-6-3-4-18(12-20)15-30-16-23(28)27-26-13-17-8-10-21(11-9-17)29-14-19-5-1-2-7-22(19)25/h1-13H,14-16H2,(H,27,28)/b26-13+. The molecule has 0 heterocycles. The molecule has 0 unspecified atom stereocenters. The zero-order valence-corrected chi connectivity index (χ0v) is 19.2. The molecule has 0 bridgehead atoms. The van der Waals surface area contributed by atoms with E-state index in [1.54, 1.807) is 18.0 Å². The van der Waals surface area contributed by atoms with E-state index in [0.717, 1.165) is 27.1 Å². The number of halogens is 2. The average molecular weight is 504 g/mol. The average Bonchev–Trinajstić information content (AvgIpc) is 2.74. The van der Waals surface area contributed by atoms with Crippen LogP contribution >= 0.6 is 39.3 Å². The largest absolute Gasteiger partial charge is 0.489 e. The third-order valence-electron chi connectivity index (χ3n) is 4.03. The van der Waals surface area contributed by atoms with Gasteiger partial charge >= 0.3 is 0 Å². The van der Waals surface area contributed by atoms with Crippen LogP contribution in [0.5, 0.6) is 5.75 Å². The molecule has 154 valence electrons. The van der Waals surface area contributed by atoms with Crippen LogP contribution in [-0.4, -0.2) is 17.9 Å². The van der Waals surface area contributed by atoms with Gasteiger partial charge in [-0.15, -0.1) is 11.8 Å². The molecule has 0 aliphatic carbocycles. The molecule has 0 aromatic heterocycles. The van der Waals surface area contributed by atoms with Crippen LogP contribution in [0.2, 0.25) is 5.02 Å². The molecule has 0 radical (unpaired) electrons. The SMILES string of the molecule is O=C(CSCc1cccc(Br)c1)N/N=C/c1ccc(OCc2ccccc2Cl)cc1. The highest BCUT2D eigenvalue weighted by molar-refractivity contribution is 9.10. The number of hydrogen-bond donors (Lipinski definition) is 1. The molecule has 0 fully saturated rings. The number of hydrogen-bond acceptors (Lipinski definition) is 4. The predicted octanol–water partition coefficient (Wildman–Crippen LogP) is 6.07. The Kier molecular flexibility index (Phi) is 8.81. The second kappa shape index (κ2) is 11.8. The Morgan fingerprint density at radius 1 is 1.10 bits per heavy atom. The van der Waals surface area contributed by atoms with Crippen LogP contribution in [0.1, 0.15) is 16.7 Å². The number of carbonyl (C=O) groups excluding carboxylic acids is 1. The van der Waals surface area contributed by atoms with Crippen LogP contribution in [0, 0.1) is 0 Å². The van der Waals surface area contributed by atoms with E-state index < -0.39 is 0 Å². The lowest BCUT2D eigenvalue weighted by atomic mass is 10.2. The number of nitrogens with zero attached hydrogens (tertiary/aromatic N) is 1. The molecule has 7 heteroatoms. The molecule has 0 atom stereocenters. The Labute approximate surface area is 193 Å². The fourth-order valence-electron chi connectivity index (χ4n) is 2.53. The molecule has 0 aliphatic rings. The van der Waals surface area contributed by atoms with Gasteiger partial charge < -0.3 is 4.74 Å². The summed E-state index contributed by atoms with van der Waals surface area (Å²) in [6, 6.07) is 23.1. The number of carbonyl (C=O) groups is 1. The summed E-state index contributed by atoms with van der Waals surface area (Å²) in [7, 11) is 0. The third kappa shape index (κ3) is 7.52. The molecule has 4 nitrogen and oxygen atoms in total. The highest BCUT2D eigenvalue weighted by Gasteiger charge is 2.02. The molecular weight excluding hydrogens is 484 g/mol. The molecular formula is C23H20BrClN2O2S. The summed E-state index contributed by atoms with van der Waals surface area (Å²) >= 11 is 11.1. The van der Waals surface area contributed by atoms with E-state index in [1.165, 1.54) is 5.56 Å². The minimum Gasteiger partial charge on any atom is -0.489 e. The van der Waals surface area contributed by atoms with Crippen molar-refractivity contribution in [3.63, 3.8) is 0 Å². The highest BCUT2D eigenvalue weighted by atomic mass is 79.9. The molecule has 3 aromatic carbocycles. The maximum Gasteiger partial charge on any atom is 0.250 e. The zero-order valence-electron chi connectivity index (χ0n) is 16.1. The van der Waals surface area contributed by atoms with Gasteiger partial charge in [0.15, 0.2) is 0 Å². The molecule has 0 aliphatic heterocycles. The van der Waals surface area contributed by atoms with E-state index in [4.69, 9.17) is 16.3 Å². The lowest BCUT2D eigenvalue weighted by Crippen LogP contribution is -2.19. The van der Waals surface area contributed by atoms with Crippen molar-refractivity contribution in [2.75, 3.05) is 5.75 Å². The molecule has 30 heavy (non-hydrogen) atoms. The van der Waals surface area contributed by atoms with Gasteiger partial charge in [0.25, 0.3) is 0 Å². The van der Waals surface area contributed by atoms with Crippen molar-refractivity contribution in [1.29, 1.82) is 0 Å². The van der Waals surface area contributed by atoms with Crippen LogP contribution in [0.25, 0.3) is 0 Å². The summed E-state index contributed by atoms with van der Waals surface area (Å²) in [5, 5.41) is 4.70. The molecule has 3 aromatic rings. The van der Waals surface area contributed by atoms with Crippen molar-refractivity contribution >= 4 is 51.4 Å². The van der Waals surface area contributed by atoms with Crippen molar-refractivity contribution < 1.29 is 9.53 Å². The molecule has 3 rings (SSSR count). The van der Waals surface area contributed by atoms with Crippen LogP contribution in [0.3, 0.4) is 0 Å². The number of rotatable bonds is 9. The third-order valence-corrected chi connectivity index (χ3v) is 5.89. The van der Waals surface area contributed by atoms with E-state index in [1.807, 2.05) is 72.8 Å². The molecule has 1 amide bonds. The van der Waals surface area contributed by atoms with Crippen molar-refractivity contribution in [1.82, 2.24) is 5.43 Å². The summed E-state index contributed by atoms with van der Waals surface area (Å²) < 4.78 is 6.79. The second-order valence-corrected chi connectivity index (χ2v) is 8.67. The highest BCUT2D eigenvalue weighted by Crippen LogP contribution is 2.19. The Morgan fingerprint density at radius 2 is 1.90 bits per heavy atom. The first kappa shape index (κ1) is 22.4. The molecule has 0 saturated heterocycles. The number of nitrogens with one attached hydrogen (secondary N) is 1. The second-order valence-electron chi connectivity index (χ2n) is 6.37. The Bertz CT molecular complexity index is 1010. The van der Waals surface area contributed by atoms with E-state index in [-0.39, 0.29) is 5.91 Å². The van der Waals surface area contributed by atoms with Gasteiger partial charge in [-0.2, -0.15) is 5.10 Å². The fourth-order valence-corrected chi connectivity index (χ4v) is 3.93. The van der Waals surface area contributed by atoms with Gasteiger partial charge in [0.05, 0.1) is 12.0 Å². The van der Waals surface area contributed by atoms with Crippen LogP contribution in [0.15, 0.2) is 82.4 Å². The topological polar surface area (TPSA) is 50.7 Å². The fraction of sp³-hybridized carbons (Fsp3) is 0.130. The Balaban J connectivity index is 1.39. The maximum absolute atomic E-state index is 11.9. The summed E-state index contributed by atoms with van der Waals surface area (Å²) in [4.78, 5) is 11.9. The first-order valence-corrected chi connectivity index (χ1v) is 11.5. The summed E-state index contributed by atoms with van der Waals surface area (Å²) in [6.45, 7) is 0.404. The number of benzene rings is 3. The predicted molar refractivity (Wildman–Crippen MR) is 128 cm³/mol. The zero-order chi connectivity index (χ0) is 21.2. The van der Waals surface area contributed by atoms with Crippen LogP contribution < -0.4 is 10.2 Å². The van der Waals surface area contributed by atoms with E-state index in [0.29, 0.717) is 17.4 Å². The number of hydrazone groups is 1. The van der Waals surface area contributed by atoms with Crippen LogP contribution in [-0.2, 0) is 17.2 Å². The van der Waals surface area contributed by atoms with Gasteiger partial charge in [0.2, 0.25) is 5.91 Å². The van der Waals surface area contributed by atoms with Crippen molar-refractivity contribution in [2.45, 2.75) is 12.4 Å². The molecule has 1 N–H and O–H groups in total. The lowest BCUT2D eigenvalue weighted by molar-refractivity contribution is -0.118. The number of ether oxygens (including phenoxy) is 1. The summed E-state index contributed by atoms with van der Waals surface area (Å²) in [6.07, 6.45) is 1.61. The van der Waals surface area contributed by atoms with Gasteiger partial charge in [-0.1, -0.05) is 57.9 Å². The van der Waals surface area contributed by atoms with Gasteiger partial charge in [-0.3, -0.25) is 4.79 Å². The van der Waals surface area contributed by atoms with E-state index >= 15 is 0 Å². The number of amides is 1. The Hall–Kier alpha value is -2.28. The van der Waals surface area contributed by atoms with E-state index in [2.05, 4.69) is 26.5 Å². The lowest BCUT2D eigenvalue weighted by Gasteiger charge is -2.07. The maximum atomic E-state index is 11.9.